The van der Waals surface area contributed by atoms with Crippen molar-refractivity contribution in [1.82, 2.24) is 0 Å². The summed E-state index contributed by atoms with van der Waals surface area (Å²) in [5.74, 6) is 1.48. The molecule has 0 saturated heterocycles. The minimum Gasteiger partial charge on any atom is -0.360 e. The van der Waals surface area contributed by atoms with Crippen LogP contribution in [0.3, 0.4) is 0 Å². The fraction of sp³-hybridized carbons (Fsp3) is 0.667. The van der Waals surface area contributed by atoms with E-state index in [-0.39, 0.29) is 62.2 Å². The van der Waals surface area contributed by atoms with E-state index in [1.54, 1.807) is 0 Å². The number of rotatable bonds is 2. The molecule has 0 atom stereocenters. The van der Waals surface area contributed by atoms with Crippen LogP contribution in [-0.4, -0.2) is 0 Å². The molecule has 0 aliphatic rings. The maximum atomic E-state index is 2.16. The van der Waals surface area contributed by atoms with Gasteiger partial charge in [-0.15, -0.1) is 0 Å². The van der Waals surface area contributed by atoms with E-state index < -0.39 is 0 Å². The summed E-state index contributed by atoms with van der Waals surface area (Å²) >= 11 is 0. The summed E-state index contributed by atoms with van der Waals surface area (Å²) in [5.41, 5.74) is 0. The summed E-state index contributed by atoms with van der Waals surface area (Å²) in [4.78, 5) is 0. The van der Waals surface area contributed by atoms with Crippen LogP contribution in [0, 0.1) is 74.6 Å². The Balaban J connectivity index is -0.000000125. The second kappa shape index (κ2) is 11.8. The van der Waals surface area contributed by atoms with Crippen LogP contribution in [0.1, 0.15) is 27.2 Å². The Morgan fingerprint density at radius 2 is 1.62 bits per heavy atom. The zero-order valence-corrected chi connectivity index (χ0v) is 14.1. The largest absolute Gasteiger partial charge is 0.360 e. The van der Waals surface area contributed by atoms with E-state index in [2.05, 4.69) is 27.2 Å². The van der Waals surface area contributed by atoms with Crippen LogP contribution in [0.25, 0.3) is 0 Å². The van der Waals surface area contributed by atoms with Crippen LogP contribution < -0.4 is 0 Å². The maximum absolute atomic E-state index is 2.16. The molecule has 0 unspecified atom stereocenters. The fourth-order valence-corrected chi connectivity index (χ4v) is 0.408. The number of hydrogen-bond donors (Lipinski definition) is 0. The Bertz CT molecular complexity index is 27.7. The van der Waals surface area contributed by atoms with Crippen LogP contribution >= 0.6 is 0 Å². The minimum absolute atomic E-state index is 0. The van der Waals surface area contributed by atoms with Crippen LogP contribution in [0.2, 0.25) is 0 Å². The Labute approximate surface area is 100 Å². The third kappa shape index (κ3) is 15.7. The zero-order valence-electron chi connectivity index (χ0n) is 5.78. The molecule has 0 aromatic rings. The molecule has 0 N–H and O–H groups in total. The van der Waals surface area contributed by atoms with Gasteiger partial charge in [-0.25, -0.2) is 0 Å². The van der Waals surface area contributed by atoms with Gasteiger partial charge in [0.05, 0.1) is 0 Å². The molecule has 0 bridgehead atoms. The van der Waals surface area contributed by atoms with Gasteiger partial charge in [0.25, 0.3) is 0 Å². The predicted molar refractivity (Wildman–Crippen MR) is 29.2 cm³/mol. The van der Waals surface area contributed by atoms with E-state index >= 15 is 0 Å². The van der Waals surface area contributed by atoms with Crippen LogP contribution in [-0.2, 0) is 0 Å². The first-order valence-electron chi connectivity index (χ1n) is 2.34. The molecular formula is C6H12U2-2. The van der Waals surface area contributed by atoms with Crippen molar-refractivity contribution < 1.29 is 62.2 Å². The van der Waals surface area contributed by atoms with Gasteiger partial charge in [0.2, 0.25) is 0 Å². The van der Waals surface area contributed by atoms with E-state index in [9.17, 15) is 0 Å². The molecule has 0 aliphatic heterocycles. The average molecular weight is 560 g/mol. The molecule has 0 saturated carbocycles. The van der Waals surface area contributed by atoms with Gasteiger partial charge in [-0.1, -0.05) is 0 Å². The smallest absolute Gasteiger partial charge is 0 e. The molecule has 0 aromatic carbocycles. The monoisotopic (exact) mass is 560 g/mol. The quantitative estimate of drug-likeness (QED) is 0.455. The first-order valence-corrected chi connectivity index (χ1v) is 2.34. The molecule has 46 valence electrons. The zero-order chi connectivity index (χ0) is 4.99. The third-order valence-corrected chi connectivity index (χ3v) is 0.612. The van der Waals surface area contributed by atoms with Gasteiger partial charge in [0.1, 0.15) is 0 Å². The molecular weight excluding hydrogens is 548 g/mol. The average Bonchev–Trinajstić information content (AvgIpc) is 1.35. The fourth-order valence-electron chi connectivity index (χ4n) is 0.408. The Morgan fingerprint density at radius 3 is 1.62 bits per heavy atom. The molecule has 0 amide bonds. The first-order chi connectivity index (χ1) is 2.77. The Kier molecular flexibility index (Phi) is 24.6. The SMILES string of the molecule is C[CH-]C[C-](C)C.[U].[U]. The predicted octanol–water partition coefficient (Wildman–Crippen LogP) is 2.21. The molecule has 2 heteroatoms. The third-order valence-electron chi connectivity index (χ3n) is 0.612. The summed E-state index contributed by atoms with van der Waals surface area (Å²) in [5, 5.41) is 0. The van der Waals surface area contributed by atoms with Crippen molar-refractivity contribution in [3.8, 4) is 0 Å². The van der Waals surface area contributed by atoms with Crippen LogP contribution in [0.4, 0.5) is 0 Å². The van der Waals surface area contributed by atoms with Crippen molar-refractivity contribution in [2.24, 2.45) is 0 Å². The van der Waals surface area contributed by atoms with Gasteiger partial charge < -0.3 is 18.8 Å². The standard InChI is InChI=1S/C6H12.2U/c1-4-5-6(2)3;;/h4H,5H2,1-3H3;;/q-2;;. The minimum atomic E-state index is 0. The molecule has 0 fully saturated rings. The van der Waals surface area contributed by atoms with Crippen molar-refractivity contribution in [2.75, 3.05) is 0 Å². The molecule has 0 spiro atoms. The van der Waals surface area contributed by atoms with Crippen molar-refractivity contribution in [2.45, 2.75) is 27.2 Å². The second-order valence-electron chi connectivity index (χ2n) is 1.82. The van der Waals surface area contributed by atoms with E-state index in [0.29, 0.717) is 0 Å². The van der Waals surface area contributed by atoms with Gasteiger partial charge in [-0.3, -0.25) is 0 Å². The Hall–Kier alpha value is 2.10. The molecule has 0 aromatic heterocycles. The summed E-state index contributed by atoms with van der Waals surface area (Å²) in [6, 6.07) is 0. The van der Waals surface area contributed by atoms with E-state index in [4.69, 9.17) is 0 Å². The molecule has 0 heterocycles. The Morgan fingerprint density at radius 1 is 1.25 bits per heavy atom. The summed E-state index contributed by atoms with van der Waals surface area (Å²) in [6.07, 6.45) is 3.33. The van der Waals surface area contributed by atoms with Gasteiger partial charge in [0.15, 0.2) is 0 Å². The molecule has 8 heavy (non-hydrogen) atoms. The van der Waals surface area contributed by atoms with Crippen LogP contribution in [0.15, 0.2) is 0 Å². The summed E-state index contributed by atoms with van der Waals surface area (Å²) in [7, 11) is 0. The van der Waals surface area contributed by atoms with Crippen molar-refractivity contribution in [1.29, 1.82) is 0 Å². The number of hydrogen-bond acceptors (Lipinski definition) is 0. The molecule has 0 aliphatic carbocycles. The molecule has 0 radical (unpaired) electrons. The van der Waals surface area contributed by atoms with E-state index in [0.717, 1.165) is 0 Å². The topological polar surface area (TPSA) is 0 Å². The summed E-state index contributed by atoms with van der Waals surface area (Å²) < 4.78 is 0. The van der Waals surface area contributed by atoms with Crippen LogP contribution in [0.5, 0.6) is 0 Å². The van der Waals surface area contributed by atoms with Crippen molar-refractivity contribution in [3.63, 3.8) is 0 Å². The second-order valence-corrected chi connectivity index (χ2v) is 1.82. The van der Waals surface area contributed by atoms with E-state index in [1.807, 2.05) is 0 Å². The van der Waals surface area contributed by atoms with Gasteiger partial charge in [-0.2, -0.15) is 20.8 Å². The maximum Gasteiger partial charge on any atom is 0 e. The normalized spacial score (nSPS) is 7.50. The first kappa shape index (κ1) is 16.6. The van der Waals surface area contributed by atoms with Crippen molar-refractivity contribution in [3.05, 3.63) is 12.3 Å². The molecule has 0 rings (SSSR count). The molecule has 0 nitrogen and oxygen atoms in total. The van der Waals surface area contributed by atoms with Crippen molar-refractivity contribution >= 4 is 0 Å². The van der Waals surface area contributed by atoms with Gasteiger partial charge >= 0.3 is 0 Å². The van der Waals surface area contributed by atoms with Gasteiger partial charge in [-0.05, 0) is 0 Å². The van der Waals surface area contributed by atoms with Gasteiger partial charge in [0, 0.05) is 62.2 Å². The van der Waals surface area contributed by atoms with E-state index in [1.165, 1.54) is 12.3 Å². The summed E-state index contributed by atoms with van der Waals surface area (Å²) in [6.45, 7) is 6.35.